The van der Waals surface area contributed by atoms with Crippen molar-refractivity contribution >= 4 is 67.6 Å². The lowest BCUT2D eigenvalue weighted by Gasteiger charge is -2.21. The Bertz CT molecular complexity index is 2620. The average Bonchev–Trinajstić information content (AvgIpc) is 4.05. The molecule has 27 heteroatoms. The van der Waals surface area contributed by atoms with Gasteiger partial charge >= 0.3 is 27.7 Å². The second-order valence-corrected chi connectivity index (χ2v) is 17.8. The van der Waals surface area contributed by atoms with Crippen LogP contribution in [0.5, 0.6) is 0 Å². The molecular formula is C40H57N11O14P2. The molecule has 7 rings (SSSR count). The summed E-state index contributed by atoms with van der Waals surface area (Å²) in [5.41, 5.74) is 18.1. The zero-order valence-corrected chi connectivity index (χ0v) is 39.1. The molecule has 2 aliphatic rings. The quantitative estimate of drug-likeness (QED) is 0.0489. The van der Waals surface area contributed by atoms with Gasteiger partial charge in [-0.3, -0.25) is 23.2 Å². The molecule has 1 aromatic carbocycles. The van der Waals surface area contributed by atoms with Gasteiger partial charge in [0, 0.05) is 49.4 Å². The summed E-state index contributed by atoms with van der Waals surface area (Å²) in [5.74, 6) is -0.0671. The first-order valence-corrected chi connectivity index (χ1v) is 23.9. The van der Waals surface area contributed by atoms with Crippen LogP contribution in [0.2, 0.25) is 0 Å². The number of ether oxygens (including phenoxy) is 2. The number of hydrogen-bond donors (Lipinski definition) is 8. The molecule has 25 nitrogen and oxygen atoms in total. The summed E-state index contributed by atoms with van der Waals surface area (Å²) in [4.78, 5) is 101. The van der Waals surface area contributed by atoms with Crippen molar-refractivity contribution < 1.29 is 56.7 Å². The van der Waals surface area contributed by atoms with Crippen LogP contribution in [-0.2, 0) is 27.9 Å². The molecule has 6 heterocycles. The highest BCUT2D eigenvalue weighted by Crippen LogP contribution is 2.38. The highest BCUT2D eigenvalue weighted by Gasteiger charge is 2.31. The number of anilines is 3. The third-order valence-corrected chi connectivity index (χ3v) is 11.3. The predicted molar refractivity (Wildman–Crippen MR) is 245 cm³/mol. The number of benzene rings is 1. The molecule has 0 bridgehead atoms. The Morgan fingerprint density at radius 3 is 2.27 bits per heavy atom. The van der Waals surface area contributed by atoms with Gasteiger partial charge in [0.2, 0.25) is 0 Å². The van der Waals surface area contributed by atoms with E-state index in [1.165, 1.54) is 29.2 Å². The number of fused-ring (bicyclic) bond motifs is 2. The normalized spacial score (nSPS) is 18.7. The van der Waals surface area contributed by atoms with E-state index < -0.39 is 45.9 Å². The van der Waals surface area contributed by atoms with Crippen molar-refractivity contribution in [3.63, 3.8) is 0 Å². The number of phosphoric acid groups is 1. The number of rotatable bonds is 17. The number of phosphoric ester groups is 1. The van der Waals surface area contributed by atoms with Crippen LogP contribution in [0.3, 0.4) is 0 Å². The van der Waals surface area contributed by atoms with Crippen molar-refractivity contribution in [2.45, 2.75) is 90.5 Å². The highest BCUT2D eigenvalue weighted by molar-refractivity contribution is 7.46. The van der Waals surface area contributed by atoms with E-state index in [2.05, 4.69) is 39.2 Å². The van der Waals surface area contributed by atoms with Gasteiger partial charge in [0.15, 0.2) is 17.2 Å². The Morgan fingerprint density at radius 2 is 1.64 bits per heavy atom. The zero-order chi connectivity index (χ0) is 49.0. The number of Topliss-reactive ketones (excluding diaryl/α,β-unsaturated/α-hetero) is 1. The lowest BCUT2D eigenvalue weighted by Crippen LogP contribution is -2.43. The van der Waals surface area contributed by atoms with Crippen molar-refractivity contribution in [3.05, 3.63) is 75.7 Å². The summed E-state index contributed by atoms with van der Waals surface area (Å²) < 4.78 is 39.5. The molecule has 5 aromatic rings. The number of nitrogens with zero attached hydrogens (tertiary/aromatic N) is 7. The minimum absolute atomic E-state index is 0.0250. The minimum atomic E-state index is -4.48. The number of ketones is 1. The maximum Gasteiger partial charge on any atom is 0.469 e. The van der Waals surface area contributed by atoms with Crippen LogP contribution in [-0.4, -0.2) is 111 Å². The molecule has 0 radical (unpaired) electrons. The standard InChI is InChI=1S/C21H29N3O4.C10H14N5O5P.C9H14N3O5P/c1-5-24(6-2)15-8-7-14-10-16(21(27)28-19(14)11-15)20(26)23-12-17(22)18(25)9-13(3)4;11-9-8-10(13-4-12-9)15(5-14-8)7-2-1-6(20-7)3-19-21(16,17)18;10-7-3-4-12(9(13)11-7)8-2-1-6(17-8)5-16-18(14)15/h7-8,10-11,13,17H,5-6,9,12,22H2,1-4H3,(H,23,26);4-7H,1-3H2,(H2,11,12,13)(H2,16,17,18);3-4,6,8,14-15H,1-2,5H2,(H2,10,11,13). The maximum absolute atomic E-state index is 12.4. The minimum Gasteiger partial charge on any atom is -0.422 e. The fraction of sp³-hybridized carbons (Fsp3) is 0.500. The molecule has 2 aliphatic heterocycles. The third kappa shape index (κ3) is 15.1. The third-order valence-electron chi connectivity index (χ3n) is 10.4. The largest absolute Gasteiger partial charge is 0.469 e. The van der Waals surface area contributed by atoms with E-state index in [1.807, 2.05) is 39.8 Å². The van der Waals surface area contributed by atoms with Crippen molar-refractivity contribution in [2.24, 2.45) is 11.7 Å². The number of hydrogen-bond acceptors (Lipinski definition) is 20. The smallest absolute Gasteiger partial charge is 0.422 e. The van der Waals surface area contributed by atoms with E-state index >= 15 is 0 Å². The lowest BCUT2D eigenvalue weighted by molar-refractivity contribution is -0.120. The molecule has 0 aliphatic carbocycles. The number of imidazole rings is 1. The van der Waals surface area contributed by atoms with Crippen LogP contribution in [0.25, 0.3) is 22.1 Å². The summed E-state index contributed by atoms with van der Waals surface area (Å²) in [6.07, 6.45) is 5.98. The van der Waals surface area contributed by atoms with Gasteiger partial charge in [-0.25, -0.2) is 29.1 Å². The highest BCUT2D eigenvalue weighted by atomic mass is 31.2. The van der Waals surface area contributed by atoms with Gasteiger partial charge in [-0.15, -0.1) is 0 Å². The van der Waals surface area contributed by atoms with Gasteiger partial charge in [0.25, 0.3) is 5.91 Å². The molecule has 366 valence electrons. The molecular weight excluding hydrogens is 920 g/mol. The second-order valence-electron chi connectivity index (χ2n) is 15.8. The van der Waals surface area contributed by atoms with E-state index in [0.29, 0.717) is 54.2 Å². The molecule has 0 saturated carbocycles. The van der Waals surface area contributed by atoms with Gasteiger partial charge in [0.1, 0.15) is 41.3 Å². The molecule has 5 unspecified atom stereocenters. The first-order valence-electron chi connectivity index (χ1n) is 21.3. The van der Waals surface area contributed by atoms with Gasteiger partial charge < -0.3 is 65.4 Å². The second kappa shape index (κ2) is 24.1. The maximum atomic E-state index is 12.4. The van der Waals surface area contributed by atoms with Gasteiger partial charge in [-0.05, 0) is 69.7 Å². The van der Waals surface area contributed by atoms with Crippen molar-refractivity contribution in [3.8, 4) is 0 Å². The van der Waals surface area contributed by atoms with Crippen LogP contribution in [0, 0.1) is 5.92 Å². The van der Waals surface area contributed by atoms with Gasteiger partial charge in [-0.1, -0.05) is 13.8 Å². The molecule has 2 saturated heterocycles. The van der Waals surface area contributed by atoms with Crippen LogP contribution in [0.15, 0.2) is 63.2 Å². The van der Waals surface area contributed by atoms with Crippen molar-refractivity contribution in [1.29, 1.82) is 0 Å². The first kappa shape index (κ1) is 52.7. The van der Waals surface area contributed by atoms with Crippen molar-refractivity contribution in [2.75, 3.05) is 49.2 Å². The number of amides is 1. The number of nitrogens with one attached hydrogen (secondary N) is 1. The van der Waals surface area contributed by atoms with Crippen LogP contribution in [0.1, 0.15) is 82.6 Å². The summed E-state index contributed by atoms with van der Waals surface area (Å²) in [5, 5.41) is 3.21. The number of carbonyl (C=O) groups is 2. The van der Waals surface area contributed by atoms with Crippen LogP contribution in [0.4, 0.5) is 17.3 Å². The van der Waals surface area contributed by atoms with E-state index in [1.54, 1.807) is 17.0 Å². The SMILES string of the molecule is CCN(CC)c1ccc2cc(C(=O)NCC(N)C(=O)CC(C)C)c(=O)oc2c1.Nc1ccn(C2CCC(COP(O)O)O2)c(=O)n1.Nc1ncnc2c1ncn2C1CCC(COP(=O)(O)O)O1. The molecule has 2 fully saturated rings. The average molecular weight is 978 g/mol. The van der Waals surface area contributed by atoms with E-state index in [-0.39, 0.29) is 67.1 Å². The zero-order valence-electron chi connectivity index (χ0n) is 37.3. The Morgan fingerprint density at radius 1 is 0.970 bits per heavy atom. The van der Waals surface area contributed by atoms with E-state index in [9.17, 15) is 23.7 Å². The summed E-state index contributed by atoms with van der Waals surface area (Å²) in [7, 11) is -6.85. The lowest BCUT2D eigenvalue weighted by atomic mass is 10.0. The Balaban J connectivity index is 0.000000193. The molecule has 4 aromatic heterocycles. The number of aromatic nitrogens is 6. The Hall–Kier alpha value is -5.30. The Kier molecular flexibility index (Phi) is 19.0. The predicted octanol–water partition coefficient (Wildman–Crippen LogP) is 2.24. The molecule has 1 amide bonds. The van der Waals surface area contributed by atoms with Crippen LogP contribution >= 0.6 is 16.4 Å². The van der Waals surface area contributed by atoms with Gasteiger partial charge in [-0.2, -0.15) is 4.98 Å². The van der Waals surface area contributed by atoms with Crippen molar-refractivity contribution in [1.82, 2.24) is 34.4 Å². The van der Waals surface area contributed by atoms with Crippen LogP contribution < -0.4 is 38.7 Å². The summed E-state index contributed by atoms with van der Waals surface area (Å²) >= 11 is 0. The molecule has 67 heavy (non-hydrogen) atoms. The summed E-state index contributed by atoms with van der Waals surface area (Å²) in [6.45, 7) is 9.52. The number of carbonyl (C=O) groups excluding carboxylic acids is 2. The molecule has 11 N–H and O–H groups in total. The summed E-state index contributed by atoms with van der Waals surface area (Å²) in [6, 6.07) is 7.78. The monoisotopic (exact) mass is 977 g/mol. The Labute approximate surface area is 384 Å². The number of nitrogen functional groups attached to an aromatic ring is 2. The fourth-order valence-corrected chi connectivity index (χ4v) is 7.75. The fourth-order valence-electron chi connectivity index (χ4n) is 7.09. The van der Waals surface area contributed by atoms with Gasteiger partial charge in [0.05, 0.1) is 37.8 Å². The molecule has 0 spiro atoms. The number of nitrogens with two attached hydrogens (primary N) is 3. The topological polar surface area (TPSA) is 371 Å². The van der Waals surface area contributed by atoms with E-state index in [0.717, 1.165) is 18.8 Å². The first-order chi connectivity index (χ1) is 31.8. The molecule has 5 atom stereocenters. The van der Waals surface area contributed by atoms with E-state index in [4.69, 9.17) is 50.7 Å².